The molecule has 0 aliphatic carbocycles. The number of piperidine rings is 2. The van der Waals surface area contributed by atoms with Crippen molar-refractivity contribution in [3.63, 3.8) is 0 Å². The van der Waals surface area contributed by atoms with Gasteiger partial charge in [0.15, 0.2) is 0 Å². The Morgan fingerprint density at radius 3 is 2.00 bits per heavy atom. The van der Waals surface area contributed by atoms with Crippen molar-refractivity contribution in [2.24, 2.45) is 11.8 Å². The molecule has 0 spiro atoms. The fraction of sp³-hybridized carbons (Fsp3) is 0.636. The molecule has 33 heavy (non-hydrogen) atoms. The number of hydrogen-bond acceptors (Lipinski definition) is 6. The Hall–Kier alpha value is -2.30. The molecule has 3 rings (SSSR count). The van der Waals surface area contributed by atoms with Crippen LogP contribution in [0.5, 0.6) is 0 Å². The van der Waals surface area contributed by atoms with Crippen LogP contribution in [-0.2, 0) is 19.4 Å². The third kappa shape index (κ3) is 5.80. The minimum absolute atomic E-state index is 0.164. The summed E-state index contributed by atoms with van der Waals surface area (Å²) < 4.78 is 66.5. The molecule has 0 saturated carbocycles. The Morgan fingerprint density at radius 2 is 1.52 bits per heavy atom. The van der Waals surface area contributed by atoms with E-state index in [-0.39, 0.29) is 18.2 Å². The Bertz CT molecular complexity index is 979. The first-order valence-corrected chi connectivity index (χ1v) is 12.4. The molecule has 2 aliphatic heterocycles. The number of halogens is 3. The predicted molar refractivity (Wildman–Crippen MR) is 115 cm³/mol. The minimum Gasteiger partial charge on any atom is -0.443 e. The molecule has 1 aromatic carbocycles. The van der Waals surface area contributed by atoms with Gasteiger partial charge in [-0.3, -0.25) is 4.79 Å². The lowest BCUT2D eigenvalue weighted by molar-refractivity contribution is -0.134. The first kappa shape index (κ1) is 25.3. The summed E-state index contributed by atoms with van der Waals surface area (Å²) in [7, 11) is -5.36. The van der Waals surface area contributed by atoms with E-state index in [4.69, 9.17) is 4.74 Å². The number of benzene rings is 1. The lowest BCUT2D eigenvalue weighted by atomic mass is 9.78. The van der Waals surface area contributed by atoms with E-state index in [9.17, 15) is 31.2 Å². The van der Waals surface area contributed by atoms with Crippen molar-refractivity contribution in [1.29, 1.82) is 0 Å². The van der Waals surface area contributed by atoms with Crippen LogP contribution in [0.25, 0.3) is 0 Å². The second-order valence-electron chi connectivity index (χ2n) is 9.55. The first-order valence-electron chi connectivity index (χ1n) is 10.9. The molecule has 2 amide bonds. The topological polar surface area (TPSA) is 84.0 Å². The quantitative estimate of drug-likeness (QED) is 0.626. The molecule has 1 aromatic rings. The molecule has 0 bridgehead atoms. The van der Waals surface area contributed by atoms with E-state index in [1.807, 2.05) is 4.90 Å². The van der Waals surface area contributed by atoms with E-state index in [1.165, 1.54) is 17.0 Å². The molecule has 2 fully saturated rings. The standard InChI is InChI=1S/C22H29F3N2O5S/c1-21(2,3)32-20(29)27-13-10-16(14-19(27)28)15-8-11-26(12-9-15)17-4-6-18(7-5-17)33(30,31)22(23,24)25/h4-7,15-16H,8-14H2,1-3H3. The van der Waals surface area contributed by atoms with Gasteiger partial charge in [-0.05, 0) is 76.1 Å². The summed E-state index contributed by atoms with van der Waals surface area (Å²) in [6.45, 7) is 6.87. The van der Waals surface area contributed by atoms with Gasteiger partial charge in [0.1, 0.15) is 5.60 Å². The predicted octanol–water partition coefficient (Wildman–Crippen LogP) is 4.37. The molecule has 0 radical (unpaired) electrons. The van der Waals surface area contributed by atoms with E-state index in [1.54, 1.807) is 20.8 Å². The maximum absolute atomic E-state index is 12.7. The van der Waals surface area contributed by atoms with Crippen LogP contribution in [0.3, 0.4) is 0 Å². The number of rotatable bonds is 3. The van der Waals surface area contributed by atoms with Crippen molar-refractivity contribution in [3.8, 4) is 0 Å². The zero-order valence-corrected chi connectivity index (χ0v) is 19.7. The molecule has 2 aliphatic rings. The van der Waals surface area contributed by atoms with Gasteiger partial charge in [-0.1, -0.05) is 0 Å². The molecular formula is C22H29F3N2O5S. The number of imide groups is 1. The number of likely N-dealkylation sites (tertiary alicyclic amines) is 1. The van der Waals surface area contributed by atoms with Gasteiger partial charge < -0.3 is 9.64 Å². The van der Waals surface area contributed by atoms with Crippen molar-refractivity contribution in [2.75, 3.05) is 24.5 Å². The summed E-state index contributed by atoms with van der Waals surface area (Å²) in [6, 6.07) is 4.74. The molecule has 2 heterocycles. The largest absolute Gasteiger partial charge is 0.501 e. The lowest BCUT2D eigenvalue weighted by Gasteiger charge is -2.40. The number of nitrogens with zero attached hydrogens (tertiary/aromatic N) is 2. The van der Waals surface area contributed by atoms with Gasteiger partial charge >= 0.3 is 11.6 Å². The summed E-state index contributed by atoms with van der Waals surface area (Å²) in [5, 5.41) is 0. The minimum atomic E-state index is -5.36. The summed E-state index contributed by atoms with van der Waals surface area (Å²) in [4.78, 5) is 27.2. The second kappa shape index (κ2) is 9.15. The van der Waals surface area contributed by atoms with E-state index in [2.05, 4.69) is 0 Å². The van der Waals surface area contributed by atoms with E-state index in [0.717, 1.165) is 25.0 Å². The highest BCUT2D eigenvalue weighted by Crippen LogP contribution is 2.36. The Labute approximate surface area is 191 Å². The molecular weight excluding hydrogens is 461 g/mol. The number of alkyl halides is 3. The van der Waals surface area contributed by atoms with E-state index < -0.39 is 31.9 Å². The molecule has 1 atom stereocenters. The number of amides is 2. The highest BCUT2D eigenvalue weighted by atomic mass is 32.2. The maximum Gasteiger partial charge on any atom is 0.501 e. The van der Waals surface area contributed by atoms with E-state index in [0.29, 0.717) is 37.7 Å². The number of anilines is 1. The van der Waals surface area contributed by atoms with Crippen molar-refractivity contribution in [3.05, 3.63) is 24.3 Å². The summed E-state index contributed by atoms with van der Waals surface area (Å²) >= 11 is 0. The van der Waals surface area contributed by atoms with Crippen LogP contribution in [0, 0.1) is 11.8 Å². The third-order valence-corrected chi connectivity index (χ3v) is 7.60. The SMILES string of the molecule is CC(C)(C)OC(=O)N1CCC(C2CCN(c3ccc(S(=O)(=O)C(F)(F)F)cc3)CC2)CC1=O. The third-order valence-electron chi connectivity index (χ3n) is 6.10. The fourth-order valence-corrected chi connectivity index (χ4v) is 5.13. The lowest BCUT2D eigenvalue weighted by Crippen LogP contribution is -2.47. The maximum atomic E-state index is 12.7. The number of carbonyl (C=O) groups is 2. The Kier molecular flexibility index (Phi) is 7.02. The second-order valence-corrected chi connectivity index (χ2v) is 11.5. The van der Waals surface area contributed by atoms with Crippen LogP contribution in [0.15, 0.2) is 29.2 Å². The smallest absolute Gasteiger partial charge is 0.443 e. The Morgan fingerprint density at radius 1 is 0.970 bits per heavy atom. The molecule has 7 nitrogen and oxygen atoms in total. The molecule has 1 unspecified atom stereocenters. The Balaban J connectivity index is 1.54. The summed E-state index contributed by atoms with van der Waals surface area (Å²) in [5.74, 6) is 0.234. The zero-order chi connectivity index (χ0) is 24.6. The van der Waals surface area contributed by atoms with Crippen LogP contribution in [0.2, 0.25) is 0 Å². The van der Waals surface area contributed by atoms with Crippen LogP contribution in [0.4, 0.5) is 23.7 Å². The van der Waals surface area contributed by atoms with Gasteiger partial charge in [0.2, 0.25) is 5.91 Å². The number of ether oxygens (including phenoxy) is 1. The highest BCUT2D eigenvalue weighted by molar-refractivity contribution is 7.92. The van der Waals surface area contributed by atoms with Crippen molar-refractivity contribution < 1.29 is 35.9 Å². The molecule has 0 aromatic heterocycles. The average Bonchev–Trinajstić information content (AvgIpc) is 2.72. The fourth-order valence-electron chi connectivity index (χ4n) is 4.37. The number of hydrogen-bond donors (Lipinski definition) is 0. The average molecular weight is 491 g/mol. The van der Waals surface area contributed by atoms with Gasteiger partial charge in [0.05, 0.1) is 4.90 Å². The summed E-state index contributed by atoms with van der Waals surface area (Å²) in [5.41, 5.74) is -5.34. The van der Waals surface area contributed by atoms with Gasteiger partial charge in [0, 0.05) is 31.7 Å². The molecule has 2 saturated heterocycles. The summed E-state index contributed by atoms with van der Waals surface area (Å²) in [6.07, 6.45) is 1.98. The van der Waals surface area contributed by atoms with Gasteiger partial charge in [-0.15, -0.1) is 0 Å². The number of carbonyl (C=O) groups excluding carboxylic acids is 2. The molecule has 0 N–H and O–H groups in total. The van der Waals surface area contributed by atoms with Gasteiger partial charge in [-0.25, -0.2) is 18.1 Å². The zero-order valence-electron chi connectivity index (χ0n) is 18.9. The first-order chi connectivity index (χ1) is 15.2. The van der Waals surface area contributed by atoms with E-state index >= 15 is 0 Å². The van der Waals surface area contributed by atoms with Crippen molar-refractivity contribution >= 4 is 27.5 Å². The van der Waals surface area contributed by atoms with Gasteiger partial charge in [0.25, 0.3) is 9.84 Å². The van der Waals surface area contributed by atoms with Crippen LogP contribution in [0.1, 0.15) is 46.5 Å². The van der Waals surface area contributed by atoms with Crippen LogP contribution < -0.4 is 4.90 Å². The monoisotopic (exact) mass is 490 g/mol. The van der Waals surface area contributed by atoms with Crippen molar-refractivity contribution in [2.45, 2.75) is 62.5 Å². The van der Waals surface area contributed by atoms with Crippen LogP contribution >= 0.6 is 0 Å². The normalized spacial score (nSPS) is 21.3. The highest BCUT2D eigenvalue weighted by Gasteiger charge is 2.46. The molecule has 184 valence electrons. The van der Waals surface area contributed by atoms with Crippen molar-refractivity contribution in [1.82, 2.24) is 4.90 Å². The molecule has 11 heteroatoms. The number of sulfone groups is 1. The van der Waals surface area contributed by atoms with Gasteiger partial charge in [-0.2, -0.15) is 13.2 Å². The van der Waals surface area contributed by atoms with Crippen LogP contribution in [-0.4, -0.2) is 56.1 Å².